The maximum absolute atomic E-state index is 13.3. The van der Waals surface area contributed by atoms with E-state index in [0.717, 1.165) is 12.8 Å². The predicted octanol–water partition coefficient (Wildman–Crippen LogP) is 3.19. The normalized spacial score (nSPS) is 14.1. The number of halogens is 1. The largest absolute Gasteiger partial charge is 0.491 e. The van der Waals surface area contributed by atoms with Crippen molar-refractivity contribution in [3.05, 3.63) is 48.0 Å². The third kappa shape index (κ3) is 2.99. The molecule has 0 radical (unpaired) electrons. The molecule has 5 heteroatoms. The average molecular weight is 274 g/mol. The average Bonchev–Trinajstić information content (AvgIpc) is 3.10. The van der Waals surface area contributed by atoms with E-state index >= 15 is 0 Å². The minimum Gasteiger partial charge on any atom is -0.491 e. The van der Waals surface area contributed by atoms with E-state index in [1.165, 1.54) is 18.2 Å². The van der Waals surface area contributed by atoms with Crippen LogP contribution >= 0.6 is 0 Å². The summed E-state index contributed by atoms with van der Waals surface area (Å²) in [7, 11) is 0. The molecular weight excluding hydrogens is 259 g/mol. The molecule has 0 unspecified atom stereocenters. The van der Waals surface area contributed by atoms with Gasteiger partial charge in [-0.1, -0.05) is 0 Å². The highest BCUT2D eigenvalue weighted by Gasteiger charge is 2.22. The summed E-state index contributed by atoms with van der Waals surface area (Å²) in [4.78, 5) is 14.8. The van der Waals surface area contributed by atoms with Crippen LogP contribution in [0.25, 0.3) is 0 Å². The molecule has 1 heterocycles. The van der Waals surface area contributed by atoms with Crippen molar-refractivity contribution in [3.63, 3.8) is 0 Å². The SMILES string of the molecule is O=C(Nc1ccc(F)cc1OCC1CC1)c1ccc[nH]1. The molecule has 0 aliphatic heterocycles. The third-order valence-electron chi connectivity index (χ3n) is 3.21. The highest BCUT2D eigenvalue weighted by Crippen LogP contribution is 2.32. The summed E-state index contributed by atoms with van der Waals surface area (Å²) in [6, 6.07) is 7.52. The maximum Gasteiger partial charge on any atom is 0.272 e. The fraction of sp³-hybridized carbons (Fsp3) is 0.267. The number of nitrogens with one attached hydrogen (secondary N) is 2. The Labute approximate surface area is 116 Å². The van der Waals surface area contributed by atoms with Gasteiger partial charge in [0.1, 0.15) is 17.3 Å². The molecule has 20 heavy (non-hydrogen) atoms. The van der Waals surface area contributed by atoms with Gasteiger partial charge in [0.05, 0.1) is 12.3 Å². The van der Waals surface area contributed by atoms with Gasteiger partial charge < -0.3 is 15.0 Å². The summed E-state index contributed by atoms with van der Waals surface area (Å²) < 4.78 is 18.9. The molecule has 0 atom stereocenters. The van der Waals surface area contributed by atoms with E-state index < -0.39 is 0 Å². The first kappa shape index (κ1) is 12.7. The number of H-pyrrole nitrogens is 1. The zero-order valence-electron chi connectivity index (χ0n) is 10.9. The number of ether oxygens (including phenoxy) is 1. The number of aromatic amines is 1. The summed E-state index contributed by atoms with van der Waals surface area (Å²) >= 11 is 0. The number of rotatable bonds is 5. The molecular formula is C15H15FN2O2. The van der Waals surface area contributed by atoms with E-state index in [1.807, 2.05) is 0 Å². The van der Waals surface area contributed by atoms with Gasteiger partial charge in [-0.2, -0.15) is 0 Å². The summed E-state index contributed by atoms with van der Waals surface area (Å²) in [5, 5.41) is 2.72. The van der Waals surface area contributed by atoms with Crippen LogP contribution in [0.5, 0.6) is 5.75 Å². The van der Waals surface area contributed by atoms with Crippen LogP contribution in [-0.2, 0) is 0 Å². The lowest BCUT2D eigenvalue weighted by atomic mass is 10.2. The first-order valence-corrected chi connectivity index (χ1v) is 6.59. The Morgan fingerprint density at radius 2 is 2.25 bits per heavy atom. The molecule has 0 spiro atoms. The molecule has 0 saturated heterocycles. The Morgan fingerprint density at radius 3 is 2.95 bits per heavy atom. The van der Waals surface area contributed by atoms with Gasteiger partial charge in [-0.05, 0) is 43.0 Å². The number of hydrogen-bond acceptors (Lipinski definition) is 2. The lowest BCUT2D eigenvalue weighted by Gasteiger charge is -2.12. The molecule has 1 aliphatic carbocycles. The van der Waals surface area contributed by atoms with Crippen LogP contribution < -0.4 is 10.1 Å². The van der Waals surface area contributed by atoms with Gasteiger partial charge in [-0.3, -0.25) is 4.79 Å². The van der Waals surface area contributed by atoms with Crippen molar-refractivity contribution in [1.29, 1.82) is 0 Å². The topological polar surface area (TPSA) is 54.1 Å². The Hall–Kier alpha value is -2.30. The highest BCUT2D eigenvalue weighted by molar-refractivity contribution is 6.03. The quantitative estimate of drug-likeness (QED) is 0.879. The number of amides is 1. The Morgan fingerprint density at radius 1 is 1.40 bits per heavy atom. The highest BCUT2D eigenvalue weighted by atomic mass is 19.1. The number of hydrogen-bond donors (Lipinski definition) is 2. The van der Waals surface area contributed by atoms with E-state index in [0.29, 0.717) is 29.7 Å². The van der Waals surface area contributed by atoms with Crippen LogP contribution in [0.3, 0.4) is 0 Å². The van der Waals surface area contributed by atoms with Gasteiger partial charge in [0.15, 0.2) is 0 Å². The second kappa shape index (κ2) is 5.36. The number of carbonyl (C=O) groups excluding carboxylic acids is 1. The zero-order valence-corrected chi connectivity index (χ0v) is 10.9. The van der Waals surface area contributed by atoms with E-state index in [2.05, 4.69) is 10.3 Å². The van der Waals surface area contributed by atoms with Crippen molar-refractivity contribution in [2.45, 2.75) is 12.8 Å². The monoisotopic (exact) mass is 274 g/mol. The number of aromatic nitrogens is 1. The van der Waals surface area contributed by atoms with Crippen molar-refractivity contribution >= 4 is 11.6 Å². The molecule has 1 aliphatic rings. The van der Waals surface area contributed by atoms with Crippen LogP contribution in [0.1, 0.15) is 23.3 Å². The van der Waals surface area contributed by atoms with Crippen LogP contribution in [-0.4, -0.2) is 17.5 Å². The molecule has 1 amide bonds. The lowest BCUT2D eigenvalue weighted by Crippen LogP contribution is -2.13. The predicted molar refractivity (Wildman–Crippen MR) is 73.4 cm³/mol. The van der Waals surface area contributed by atoms with Crippen molar-refractivity contribution in [1.82, 2.24) is 4.98 Å². The molecule has 0 bridgehead atoms. The van der Waals surface area contributed by atoms with Gasteiger partial charge in [-0.25, -0.2) is 4.39 Å². The second-order valence-electron chi connectivity index (χ2n) is 4.93. The minimum absolute atomic E-state index is 0.280. The van der Waals surface area contributed by atoms with Gasteiger partial charge in [-0.15, -0.1) is 0 Å². The van der Waals surface area contributed by atoms with E-state index in [1.54, 1.807) is 18.3 Å². The number of carbonyl (C=O) groups is 1. The summed E-state index contributed by atoms with van der Waals surface area (Å²) in [6.07, 6.45) is 3.98. The fourth-order valence-corrected chi connectivity index (χ4v) is 1.87. The molecule has 1 aromatic carbocycles. The molecule has 2 aromatic rings. The molecule has 2 N–H and O–H groups in total. The van der Waals surface area contributed by atoms with Crippen LogP contribution in [0.15, 0.2) is 36.5 Å². The van der Waals surface area contributed by atoms with E-state index in [9.17, 15) is 9.18 Å². The van der Waals surface area contributed by atoms with Crippen molar-refractivity contribution in [3.8, 4) is 5.75 Å². The second-order valence-corrected chi connectivity index (χ2v) is 4.93. The number of benzene rings is 1. The van der Waals surface area contributed by atoms with Crippen LogP contribution in [0.2, 0.25) is 0 Å². The minimum atomic E-state index is -0.381. The lowest BCUT2D eigenvalue weighted by molar-refractivity contribution is 0.102. The van der Waals surface area contributed by atoms with Crippen LogP contribution in [0.4, 0.5) is 10.1 Å². The van der Waals surface area contributed by atoms with Crippen molar-refractivity contribution in [2.24, 2.45) is 5.92 Å². The number of anilines is 1. The van der Waals surface area contributed by atoms with Crippen LogP contribution in [0, 0.1) is 11.7 Å². The molecule has 1 saturated carbocycles. The van der Waals surface area contributed by atoms with E-state index in [-0.39, 0.29) is 11.7 Å². The molecule has 104 valence electrons. The molecule has 3 rings (SSSR count). The van der Waals surface area contributed by atoms with E-state index in [4.69, 9.17) is 4.74 Å². The van der Waals surface area contributed by atoms with Gasteiger partial charge in [0.2, 0.25) is 0 Å². The Balaban J connectivity index is 1.75. The van der Waals surface area contributed by atoms with Gasteiger partial charge in [0, 0.05) is 12.3 Å². The smallest absolute Gasteiger partial charge is 0.272 e. The maximum atomic E-state index is 13.3. The Kier molecular flexibility index (Phi) is 3.41. The molecule has 1 fully saturated rings. The Bertz CT molecular complexity index is 606. The molecule has 4 nitrogen and oxygen atoms in total. The zero-order chi connectivity index (χ0) is 13.9. The first-order chi connectivity index (χ1) is 9.72. The van der Waals surface area contributed by atoms with Crippen molar-refractivity contribution < 1.29 is 13.9 Å². The summed E-state index contributed by atoms with van der Waals surface area (Å²) in [5.74, 6) is 0.272. The van der Waals surface area contributed by atoms with Gasteiger partial charge >= 0.3 is 0 Å². The standard InChI is InChI=1S/C15H15FN2O2/c16-11-5-6-12(14(8-11)20-9-10-3-4-10)18-15(19)13-2-1-7-17-13/h1-2,5-8,10,17H,3-4,9H2,(H,18,19). The van der Waals surface area contributed by atoms with Crippen molar-refractivity contribution in [2.75, 3.05) is 11.9 Å². The van der Waals surface area contributed by atoms with Gasteiger partial charge in [0.25, 0.3) is 5.91 Å². The fourth-order valence-electron chi connectivity index (χ4n) is 1.87. The molecule has 1 aromatic heterocycles. The summed E-state index contributed by atoms with van der Waals surface area (Å²) in [6.45, 7) is 0.564. The summed E-state index contributed by atoms with van der Waals surface area (Å²) in [5.41, 5.74) is 0.925. The third-order valence-corrected chi connectivity index (χ3v) is 3.21. The first-order valence-electron chi connectivity index (χ1n) is 6.59.